The van der Waals surface area contributed by atoms with E-state index in [1.807, 2.05) is 20.8 Å². The van der Waals surface area contributed by atoms with Crippen molar-refractivity contribution in [2.75, 3.05) is 13.7 Å². The van der Waals surface area contributed by atoms with Gasteiger partial charge >= 0.3 is 6.09 Å². The first-order valence-corrected chi connectivity index (χ1v) is 7.67. The van der Waals surface area contributed by atoms with E-state index in [1.165, 1.54) is 3.57 Å². The molecule has 0 aliphatic carbocycles. The average Bonchev–Trinajstić information content (AvgIpc) is 2.34. The summed E-state index contributed by atoms with van der Waals surface area (Å²) in [7, 11) is 1.76. The summed E-state index contributed by atoms with van der Waals surface area (Å²) in [6, 6.07) is 6.14. The Labute approximate surface area is 133 Å². The highest BCUT2D eigenvalue weighted by Crippen LogP contribution is 2.30. The largest absolute Gasteiger partial charge is 0.444 e. The number of fused-ring (bicyclic) bond motifs is 1. The van der Waals surface area contributed by atoms with E-state index in [9.17, 15) is 4.79 Å². The van der Waals surface area contributed by atoms with E-state index in [-0.39, 0.29) is 12.1 Å². The van der Waals surface area contributed by atoms with Gasteiger partial charge < -0.3 is 14.4 Å². The molecule has 0 unspecified atom stereocenters. The number of benzene rings is 1. The van der Waals surface area contributed by atoms with Crippen molar-refractivity contribution in [3.63, 3.8) is 0 Å². The second kappa shape index (κ2) is 5.89. The fourth-order valence-electron chi connectivity index (χ4n) is 2.18. The molecule has 1 atom stereocenters. The molecular weight excluding hydrogens is 369 g/mol. The number of carbonyl (C=O) groups excluding carboxylic acids is 1. The minimum Gasteiger partial charge on any atom is -0.444 e. The van der Waals surface area contributed by atoms with Crippen LogP contribution in [0.2, 0.25) is 0 Å². The number of hydrogen-bond acceptors (Lipinski definition) is 3. The fraction of sp³-hybridized carbons (Fsp3) is 0.533. The Kier molecular flexibility index (Phi) is 4.59. The summed E-state index contributed by atoms with van der Waals surface area (Å²) in [5, 5.41) is 0. The predicted octanol–water partition coefficient (Wildman–Crippen LogP) is 3.73. The van der Waals surface area contributed by atoms with E-state index in [4.69, 9.17) is 9.47 Å². The molecule has 0 aromatic heterocycles. The van der Waals surface area contributed by atoms with Crippen molar-refractivity contribution >= 4 is 28.7 Å². The van der Waals surface area contributed by atoms with Crippen molar-refractivity contribution in [1.29, 1.82) is 0 Å². The number of likely N-dealkylation sites (N-methyl/N-ethyl adjacent to an activating group) is 1. The van der Waals surface area contributed by atoms with Crippen LogP contribution in [-0.4, -0.2) is 30.2 Å². The Bertz CT molecular complexity index is 510. The molecule has 0 radical (unpaired) electrons. The number of amides is 1. The van der Waals surface area contributed by atoms with E-state index in [2.05, 4.69) is 40.8 Å². The van der Waals surface area contributed by atoms with Gasteiger partial charge in [0.1, 0.15) is 5.60 Å². The Morgan fingerprint density at radius 2 is 2.15 bits per heavy atom. The highest BCUT2D eigenvalue weighted by atomic mass is 127. The molecule has 1 aliphatic heterocycles. The number of nitrogens with zero attached hydrogens (tertiary/aromatic N) is 1. The molecule has 1 aliphatic rings. The van der Waals surface area contributed by atoms with Gasteiger partial charge in [0.2, 0.25) is 0 Å². The van der Waals surface area contributed by atoms with Crippen LogP contribution in [0.4, 0.5) is 4.79 Å². The maximum atomic E-state index is 12.2. The minimum atomic E-state index is -0.490. The first kappa shape index (κ1) is 15.6. The Morgan fingerprint density at radius 3 is 2.80 bits per heavy atom. The fourth-order valence-corrected chi connectivity index (χ4v) is 2.73. The number of ether oxygens (including phenoxy) is 2. The summed E-state index contributed by atoms with van der Waals surface area (Å²) in [6.07, 6.45) is -0.322. The molecule has 0 saturated heterocycles. The lowest BCUT2D eigenvalue weighted by molar-refractivity contribution is -0.000368. The zero-order valence-corrected chi connectivity index (χ0v) is 14.4. The lowest BCUT2D eigenvalue weighted by Gasteiger charge is -2.34. The van der Waals surface area contributed by atoms with Crippen LogP contribution in [0.1, 0.15) is 37.9 Å². The molecule has 110 valence electrons. The third-order valence-electron chi connectivity index (χ3n) is 3.15. The van der Waals surface area contributed by atoms with Crippen LogP contribution in [0.3, 0.4) is 0 Å². The van der Waals surface area contributed by atoms with Crippen molar-refractivity contribution in [1.82, 2.24) is 4.90 Å². The van der Waals surface area contributed by atoms with Crippen LogP contribution < -0.4 is 0 Å². The predicted molar refractivity (Wildman–Crippen MR) is 85.6 cm³/mol. The normalized spacial score (nSPS) is 18.4. The van der Waals surface area contributed by atoms with E-state index >= 15 is 0 Å². The smallest absolute Gasteiger partial charge is 0.410 e. The first-order chi connectivity index (χ1) is 9.28. The van der Waals surface area contributed by atoms with Gasteiger partial charge in [-0.2, -0.15) is 0 Å². The van der Waals surface area contributed by atoms with Crippen LogP contribution in [0, 0.1) is 3.57 Å². The van der Waals surface area contributed by atoms with E-state index in [0.717, 1.165) is 11.1 Å². The molecule has 1 aromatic rings. The molecule has 0 saturated carbocycles. The highest BCUT2D eigenvalue weighted by molar-refractivity contribution is 14.1. The van der Waals surface area contributed by atoms with Crippen molar-refractivity contribution < 1.29 is 14.3 Å². The van der Waals surface area contributed by atoms with Crippen LogP contribution >= 0.6 is 22.6 Å². The molecular formula is C15H20INO3. The van der Waals surface area contributed by atoms with Crippen molar-refractivity contribution in [3.8, 4) is 0 Å². The molecule has 1 aromatic carbocycles. The van der Waals surface area contributed by atoms with Gasteiger partial charge in [0.25, 0.3) is 0 Å². The summed E-state index contributed by atoms with van der Waals surface area (Å²) in [5.41, 5.74) is 1.80. The average molecular weight is 389 g/mol. The third-order valence-corrected chi connectivity index (χ3v) is 3.82. The molecule has 4 nitrogen and oxygen atoms in total. The van der Waals surface area contributed by atoms with E-state index in [1.54, 1.807) is 11.9 Å². The summed E-state index contributed by atoms with van der Waals surface area (Å²) in [4.78, 5) is 13.8. The van der Waals surface area contributed by atoms with E-state index < -0.39 is 5.60 Å². The monoisotopic (exact) mass is 389 g/mol. The quantitative estimate of drug-likeness (QED) is 0.688. The molecule has 0 N–H and O–H groups in total. The van der Waals surface area contributed by atoms with Crippen LogP contribution in [0.15, 0.2) is 18.2 Å². The second-order valence-corrected chi connectivity index (χ2v) is 7.21. The Balaban J connectivity index is 2.20. The SMILES string of the molecule is CN(C(=O)OC(C)(C)C)[C@@H]1COCc2cc(I)ccc21. The van der Waals surface area contributed by atoms with Gasteiger partial charge in [0, 0.05) is 10.6 Å². The number of rotatable bonds is 1. The molecule has 2 rings (SSSR count). The van der Waals surface area contributed by atoms with Crippen molar-refractivity contribution in [3.05, 3.63) is 32.9 Å². The van der Waals surface area contributed by atoms with Gasteiger partial charge in [-0.1, -0.05) is 6.07 Å². The van der Waals surface area contributed by atoms with E-state index in [0.29, 0.717) is 13.2 Å². The molecule has 0 spiro atoms. The van der Waals surface area contributed by atoms with Crippen LogP contribution in [0.25, 0.3) is 0 Å². The molecule has 5 heteroatoms. The van der Waals surface area contributed by atoms with Crippen LogP contribution in [0.5, 0.6) is 0 Å². The minimum absolute atomic E-state index is 0.0920. The van der Waals surface area contributed by atoms with Gasteiger partial charge in [0.15, 0.2) is 0 Å². The summed E-state index contributed by atoms with van der Waals surface area (Å²) in [6.45, 7) is 6.71. The molecule has 0 fully saturated rings. The summed E-state index contributed by atoms with van der Waals surface area (Å²) >= 11 is 2.28. The Hall–Kier alpha value is -0.820. The number of carbonyl (C=O) groups is 1. The van der Waals surface area contributed by atoms with Gasteiger partial charge in [-0.15, -0.1) is 0 Å². The maximum absolute atomic E-state index is 12.2. The maximum Gasteiger partial charge on any atom is 0.410 e. The second-order valence-electron chi connectivity index (χ2n) is 5.97. The van der Waals surface area contributed by atoms with Gasteiger partial charge in [-0.3, -0.25) is 0 Å². The van der Waals surface area contributed by atoms with Gasteiger partial charge in [-0.25, -0.2) is 4.79 Å². The lowest BCUT2D eigenvalue weighted by Crippen LogP contribution is -2.39. The number of hydrogen-bond donors (Lipinski definition) is 0. The highest BCUT2D eigenvalue weighted by Gasteiger charge is 2.30. The molecule has 1 heterocycles. The van der Waals surface area contributed by atoms with Crippen LogP contribution in [-0.2, 0) is 16.1 Å². The lowest BCUT2D eigenvalue weighted by atomic mass is 9.98. The summed E-state index contributed by atoms with van der Waals surface area (Å²) < 4.78 is 12.2. The molecule has 0 bridgehead atoms. The Morgan fingerprint density at radius 1 is 1.45 bits per heavy atom. The van der Waals surface area contributed by atoms with Gasteiger partial charge in [0.05, 0.1) is 19.3 Å². The zero-order chi connectivity index (χ0) is 14.9. The number of halogens is 1. The molecule has 1 amide bonds. The first-order valence-electron chi connectivity index (χ1n) is 6.60. The van der Waals surface area contributed by atoms with Crippen molar-refractivity contribution in [2.45, 2.75) is 39.0 Å². The topological polar surface area (TPSA) is 38.8 Å². The summed E-state index contributed by atoms with van der Waals surface area (Å²) in [5.74, 6) is 0. The standard InChI is InChI=1S/C15H20INO3/c1-15(2,3)20-14(18)17(4)13-9-19-8-10-7-11(16)5-6-12(10)13/h5-7,13H,8-9H2,1-4H3/t13-/m1/s1. The molecule has 20 heavy (non-hydrogen) atoms. The van der Waals surface area contributed by atoms with Gasteiger partial charge in [-0.05, 0) is 66.6 Å². The third kappa shape index (κ3) is 3.63. The zero-order valence-electron chi connectivity index (χ0n) is 12.3. The van der Waals surface area contributed by atoms with Crippen molar-refractivity contribution in [2.24, 2.45) is 0 Å².